The zero-order valence-corrected chi connectivity index (χ0v) is 11.6. The molecule has 0 aliphatic heterocycles. The number of hydrogen-bond acceptors (Lipinski definition) is 0. The standard InChI is InChI=1S/C15H23Cl/c1-5-11(2)9-15(16)10-14-8-12(3)6-7-13(14)4/h6-8,11,15H,5,9-10H2,1-4H3. The highest BCUT2D eigenvalue weighted by Crippen LogP contribution is 2.21. The van der Waals surface area contributed by atoms with Gasteiger partial charge in [-0.1, -0.05) is 44.0 Å². The fraction of sp³-hybridized carbons (Fsp3) is 0.600. The minimum atomic E-state index is 0.274. The second-order valence-corrected chi connectivity index (χ2v) is 5.60. The highest BCUT2D eigenvalue weighted by atomic mass is 35.5. The van der Waals surface area contributed by atoms with Gasteiger partial charge in [-0.2, -0.15) is 0 Å². The van der Waals surface area contributed by atoms with Gasteiger partial charge < -0.3 is 0 Å². The van der Waals surface area contributed by atoms with Gasteiger partial charge in [0.15, 0.2) is 0 Å². The van der Waals surface area contributed by atoms with Crippen molar-refractivity contribution in [2.45, 2.75) is 52.3 Å². The molecule has 0 saturated heterocycles. The topological polar surface area (TPSA) is 0 Å². The van der Waals surface area contributed by atoms with Crippen LogP contribution in [0.25, 0.3) is 0 Å². The Morgan fingerprint density at radius 3 is 2.56 bits per heavy atom. The quantitative estimate of drug-likeness (QED) is 0.641. The van der Waals surface area contributed by atoms with Gasteiger partial charge in [0, 0.05) is 5.38 Å². The van der Waals surface area contributed by atoms with Gasteiger partial charge in [-0.3, -0.25) is 0 Å². The molecule has 1 rings (SSSR count). The van der Waals surface area contributed by atoms with Gasteiger partial charge in [0.1, 0.15) is 0 Å². The van der Waals surface area contributed by atoms with Crippen LogP contribution in [0.5, 0.6) is 0 Å². The molecule has 2 atom stereocenters. The van der Waals surface area contributed by atoms with E-state index in [0.29, 0.717) is 0 Å². The van der Waals surface area contributed by atoms with Crippen molar-refractivity contribution >= 4 is 11.6 Å². The van der Waals surface area contributed by atoms with Crippen LogP contribution in [0.15, 0.2) is 18.2 Å². The van der Waals surface area contributed by atoms with E-state index in [1.807, 2.05) is 0 Å². The number of alkyl halides is 1. The molecular weight excluding hydrogens is 216 g/mol. The molecule has 0 nitrogen and oxygen atoms in total. The lowest BCUT2D eigenvalue weighted by molar-refractivity contribution is 0.500. The molecule has 2 unspecified atom stereocenters. The van der Waals surface area contributed by atoms with Crippen LogP contribution in [0.1, 0.15) is 43.4 Å². The van der Waals surface area contributed by atoms with Crippen molar-refractivity contribution < 1.29 is 0 Å². The number of hydrogen-bond donors (Lipinski definition) is 0. The maximum atomic E-state index is 6.41. The van der Waals surface area contributed by atoms with Crippen LogP contribution >= 0.6 is 11.6 Å². The Kier molecular flexibility index (Phi) is 5.34. The van der Waals surface area contributed by atoms with Crippen LogP contribution in [-0.4, -0.2) is 5.38 Å². The Hall–Kier alpha value is -0.490. The summed E-state index contributed by atoms with van der Waals surface area (Å²) in [6.45, 7) is 8.81. The van der Waals surface area contributed by atoms with Gasteiger partial charge in [0.25, 0.3) is 0 Å². The summed E-state index contributed by atoms with van der Waals surface area (Å²) in [6.07, 6.45) is 3.33. The van der Waals surface area contributed by atoms with Crippen molar-refractivity contribution in [2.24, 2.45) is 5.92 Å². The Morgan fingerprint density at radius 2 is 1.94 bits per heavy atom. The first-order chi connectivity index (χ1) is 7.52. The lowest BCUT2D eigenvalue weighted by atomic mass is 9.96. The first kappa shape index (κ1) is 13.6. The van der Waals surface area contributed by atoms with E-state index in [4.69, 9.17) is 11.6 Å². The molecule has 0 heterocycles. The molecule has 0 spiro atoms. The molecule has 0 fully saturated rings. The largest absolute Gasteiger partial charge is 0.123 e. The molecule has 0 aromatic heterocycles. The zero-order chi connectivity index (χ0) is 12.1. The highest BCUT2D eigenvalue weighted by molar-refractivity contribution is 6.20. The molecule has 0 aliphatic carbocycles. The minimum Gasteiger partial charge on any atom is -0.123 e. The Morgan fingerprint density at radius 1 is 1.25 bits per heavy atom. The summed E-state index contributed by atoms with van der Waals surface area (Å²) in [5, 5.41) is 0.274. The van der Waals surface area contributed by atoms with Gasteiger partial charge in [0.2, 0.25) is 0 Å². The van der Waals surface area contributed by atoms with Crippen molar-refractivity contribution in [1.29, 1.82) is 0 Å². The SMILES string of the molecule is CCC(C)CC(Cl)Cc1cc(C)ccc1C. The van der Waals surface area contributed by atoms with E-state index in [1.165, 1.54) is 23.1 Å². The lowest BCUT2D eigenvalue weighted by Crippen LogP contribution is -2.09. The number of aryl methyl sites for hydroxylation is 2. The predicted molar refractivity (Wildman–Crippen MR) is 73.3 cm³/mol. The summed E-state index contributed by atoms with van der Waals surface area (Å²) in [5.74, 6) is 0.729. The Bertz CT molecular complexity index is 330. The third-order valence-electron chi connectivity index (χ3n) is 3.30. The summed E-state index contributed by atoms with van der Waals surface area (Å²) in [6, 6.07) is 6.62. The first-order valence-corrected chi connectivity index (χ1v) is 6.66. The molecule has 90 valence electrons. The predicted octanol–water partition coefficient (Wildman–Crippen LogP) is 4.89. The highest BCUT2D eigenvalue weighted by Gasteiger charge is 2.11. The molecule has 0 aliphatic rings. The van der Waals surface area contributed by atoms with Crippen LogP contribution in [0.4, 0.5) is 0 Å². The fourth-order valence-corrected chi connectivity index (χ4v) is 2.42. The second-order valence-electron chi connectivity index (χ2n) is 4.98. The van der Waals surface area contributed by atoms with Gasteiger partial charge in [0.05, 0.1) is 0 Å². The van der Waals surface area contributed by atoms with E-state index < -0.39 is 0 Å². The van der Waals surface area contributed by atoms with Crippen LogP contribution in [-0.2, 0) is 6.42 Å². The van der Waals surface area contributed by atoms with E-state index in [0.717, 1.165) is 18.8 Å². The lowest BCUT2D eigenvalue weighted by Gasteiger charge is -2.15. The third kappa shape index (κ3) is 4.17. The average Bonchev–Trinajstić information content (AvgIpc) is 2.23. The molecule has 0 bridgehead atoms. The van der Waals surface area contributed by atoms with Crippen molar-refractivity contribution in [1.82, 2.24) is 0 Å². The van der Waals surface area contributed by atoms with Crippen molar-refractivity contribution in [3.63, 3.8) is 0 Å². The minimum absolute atomic E-state index is 0.274. The van der Waals surface area contributed by atoms with Crippen LogP contribution in [0, 0.1) is 19.8 Å². The monoisotopic (exact) mass is 238 g/mol. The van der Waals surface area contributed by atoms with Crippen molar-refractivity contribution in [2.75, 3.05) is 0 Å². The molecule has 0 saturated carbocycles. The van der Waals surface area contributed by atoms with E-state index in [9.17, 15) is 0 Å². The van der Waals surface area contributed by atoms with Crippen LogP contribution < -0.4 is 0 Å². The summed E-state index contributed by atoms with van der Waals surface area (Å²) in [5.41, 5.74) is 4.09. The van der Waals surface area contributed by atoms with Gasteiger partial charge in [-0.25, -0.2) is 0 Å². The number of benzene rings is 1. The van der Waals surface area contributed by atoms with Crippen molar-refractivity contribution in [3.8, 4) is 0 Å². The molecule has 1 aromatic carbocycles. The molecule has 0 amide bonds. The second kappa shape index (κ2) is 6.30. The number of rotatable bonds is 5. The first-order valence-electron chi connectivity index (χ1n) is 6.23. The maximum absolute atomic E-state index is 6.41. The van der Waals surface area contributed by atoms with E-state index in [2.05, 4.69) is 45.9 Å². The maximum Gasteiger partial charge on any atom is 0.0379 e. The zero-order valence-electron chi connectivity index (χ0n) is 10.9. The smallest absolute Gasteiger partial charge is 0.0379 e. The molecule has 1 heteroatoms. The van der Waals surface area contributed by atoms with E-state index in [1.54, 1.807) is 0 Å². The summed E-state index contributed by atoms with van der Waals surface area (Å²) < 4.78 is 0. The summed E-state index contributed by atoms with van der Waals surface area (Å²) in [7, 11) is 0. The Balaban J connectivity index is 2.61. The van der Waals surface area contributed by atoms with Gasteiger partial charge >= 0.3 is 0 Å². The molecule has 0 radical (unpaired) electrons. The van der Waals surface area contributed by atoms with Crippen LogP contribution in [0.3, 0.4) is 0 Å². The molecule has 1 aromatic rings. The summed E-state index contributed by atoms with van der Waals surface area (Å²) >= 11 is 6.41. The van der Waals surface area contributed by atoms with Gasteiger partial charge in [-0.15, -0.1) is 11.6 Å². The summed E-state index contributed by atoms with van der Waals surface area (Å²) in [4.78, 5) is 0. The number of halogens is 1. The van der Waals surface area contributed by atoms with Gasteiger partial charge in [-0.05, 0) is 43.7 Å². The third-order valence-corrected chi connectivity index (χ3v) is 3.63. The van der Waals surface area contributed by atoms with E-state index >= 15 is 0 Å². The molecule has 0 N–H and O–H groups in total. The van der Waals surface area contributed by atoms with Crippen molar-refractivity contribution in [3.05, 3.63) is 34.9 Å². The average molecular weight is 239 g/mol. The molecule has 16 heavy (non-hydrogen) atoms. The molecular formula is C15H23Cl. The fourth-order valence-electron chi connectivity index (χ4n) is 1.95. The van der Waals surface area contributed by atoms with E-state index in [-0.39, 0.29) is 5.38 Å². The van der Waals surface area contributed by atoms with Crippen LogP contribution in [0.2, 0.25) is 0 Å². The Labute approximate surface area is 105 Å². The normalized spacial score (nSPS) is 14.8.